The molecular weight excluding hydrogens is 494 g/mol. The molecule has 9 heteroatoms. The van der Waals surface area contributed by atoms with E-state index in [1.54, 1.807) is 43.5 Å². The Morgan fingerprint density at radius 3 is 2.57 bits per heavy atom. The number of methoxy groups -OCH3 is 1. The number of imide groups is 1. The lowest BCUT2D eigenvalue weighted by molar-refractivity contribution is -0.123. The molecule has 0 aromatic heterocycles. The normalized spacial score (nSPS) is 15.1. The average molecular weight is 513 g/mol. The van der Waals surface area contributed by atoms with Crippen LogP contribution in [0.5, 0.6) is 17.2 Å². The van der Waals surface area contributed by atoms with Gasteiger partial charge < -0.3 is 14.2 Å². The van der Waals surface area contributed by atoms with Crippen LogP contribution in [0.3, 0.4) is 0 Å². The second kappa shape index (κ2) is 10.2. The van der Waals surface area contributed by atoms with Crippen LogP contribution in [0.4, 0.5) is 4.79 Å². The Kier molecular flexibility index (Phi) is 7.69. The van der Waals surface area contributed by atoms with Crippen LogP contribution in [0.1, 0.15) is 12.5 Å². The molecule has 1 fully saturated rings. The van der Waals surface area contributed by atoms with Crippen LogP contribution < -0.4 is 14.2 Å². The number of nitrogens with zero attached hydrogens (tertiary/aromatic N) is 1. The number of hydrogen-bond acceptors (Lipinski definition) is 6. The Bertz CT molecular complexity index is 980. The molecule has 6 nitrogen and oxygen atoms in total. The Hall–Kier alpha value is -2.16. The van der Waals surface area contributed by atoms with Gasteiger partial charge in [0.1, 0.15) is 12.4 Å². The summed E-state index contributed by atoms with van der Waals surface area (Å²) in [4.78, 5) is 26.5. The summed E-state index contributed by atoms with van der Waals surface area (Å²) in [5.41, 5.74) is 0.713. The summed E-state index contributed by atoms with van der Waals surface area (Å²) in [6, 6.07) is 10.4. The van der Waals surface area contributed by atoms with Crippen LogP contribution >= 0.6 is 39.3 Å². The van der Waals surface area contributed by atoms with Crippen LogP contribution in [0.2, 0.25) is 5.02 Å². The maximum absolute atomic E-state index is 12.7. The highest BCUT2D eigenvalue weighted by Gasteiger charge is 2.34. The van der Waals surface area contributed by atoms with Crippen molar-refractivity contribution in [1.29, 1.82) is 0 Å². The van der Waals surface area contributed by atoms with Crippen molar-refractivity contribution in [3.63, 3.8) is 0 Å². The van der Waals surface area contributed by atoms with E-state index in [9.17, 15) is 9.59 Å². The predicted octanol–water partition coefficient (Wildman–Crippen LogP) is 5.63. The molecule has 1 heterocycles. The molecule has 2 amide bonds. The predicted molar refractivity (Wildman–Crippen MR) is 121 cm³/mol. The molecule has 2 aromatic carbocycles. The van der Waals surface area contributed by atoms with E-state index in [-0.39, 0.29) is 24.3 Å². The smallest absolute Gasteiger partial charge is 0.293 e. The van der Waals surface area contributed by atoms with Crippen molar-refractivity contribution in [3.05, 3.63) is 56.4 Å². The molecule has 0 radical (unpaired) electrons. The number of thioether (sulfide) groups is 1. The number of carbonyl (C=O) groups excluding carboxylic acids is 2. The summed E-state index contributed by atoms with van der Waals surface area (Å²) in [6.45, 7) is 2.72. The summed E-state index contributed by atoms with van der Waals surface area (Å²) < 4.78 is 17.2. The van der Waals surface area contributed by atoms with Gasteiger partial charge in [-0.3, -0.25) is 14.5 Å². The fraction of sp³-hybridized carbons (Fsp3) is 0.238. The third-order valence-corrected chi connectivity index (χ3v) is 5.86. The molecule has 0 saturated carbocycles. The first-order valence-corrected chi connectivity index (χ1v) is 11.1. The van der Waals surface area contributed by atoms with Crippen molar-refractivity contribution < 1.29 is 23.8 Å². The Morgan fingerprint density at radius 2 is 1.90 bits per heavy atom. The van der Waals surface area contributed by atoms with Gasteiger partial charge in [-0.15, -0.1) is 0 Å². The molecule has 0 unspecified atom stereocenters. The number of hydrogen-bond donors (Lipinski definition) is 0. The van der Waals surface area contributed by atoms with Crippen LogP contribution in [0, 0.1) is 0 Å². The Balaban J connectivity index is 1.70. The average Bonchev–Trinajstić information content (AvgIpc) is 2.98. The lowest BCUT2D eigenvalue weighted by Crippen LogP contribution is -2.32. The van der Waals surface area contributed by atoms with E-state index in [0.29, 0.717) is 43.8 Å². The maximum Gasteiger partial charge on any atom is 0.293 e. The van der Waals surface area contributed by atoms with E-state index in [1.165, 1.54) is 4.90 Å². The summed E-state index contributed by atoms with van der Waals surface area (Å²) in [5, 5.41) is 0.277. The lowest BCUT2D eigenvalue weighted by atomic mass is 10.2. The maximum atomic E-state index is 12.7. The third kappa shape index (κ3) is 5.30. The van der Waals surface area contributed by atoms with E-state index in [4.69, 9.17) is 25.8 Å². The van der Waals surface area contributed by atoms with Gasteiger partial charge in [-0.25, -0.2) is 0 Å². The molecule has 1 aliphatic rings. The minimum atomic E-state index is -0.353. The van der Waals surface area contributed by atoms with Crippen molar-refractivity contribution in [2.45, 2.75) is 6.92 Å². The topological polar surface area (TPSA) is 65.1 Å². The Morgan fingerprint density at radius 1 is 1.17 bits per heavy atom. The zero-order valence-corrected chi connectivity index (χ0v) is 19.5. The fourth-order valence-corrected chi connectivity index (χ4v) is 4.30. The lowest BCUT2D eigenvalue weighted by Gasteiger charge is -2.13. The molecule has 0 atom stereocenters. The van der Waals surface area contributed by atoms with Crippen LogP contribution in [0.15, 0.2) is 45.8 Å². The SMILES string of the molecule is CCOc1c(Br)cc(/C=C2\SC(=O)N(CCOc3ccc(Cl)cc3)C2=O)cc1OC. The van der Waals surface area contributed by atoms with Gasteiger partial charge in [0.25, 0.3) is 11.1 Å². The molecule has 0 N–H and O–H groups in total. The zero-order chi connectivity index (χ0) is 21.7. The van der Waals surface area contributed by atoms with E-state index >= 15 is 0 Å². The molecule has 158 valence electrons. The molecule has 30 heavy (non-hydrogen) atoms. The number of rotatable bonds is 8. The fourth-order valence-electron chi connectivity index (χ4n) is 2.74. The molecule has 0 bridgehead atoms. The zero-order valence-electron chi connectivity index (χ0n) is 16.3. The Labute approximate surface area is 192 Å². The highest BCUT2D eigenvalue weighted by atomic mass is 79.9. The highest BCUT2D eigenvalue weighted by molar-refractivity contribution is 9.10. The van der Waals surface area contributed by atoms with E-state index in [2.05, 4.69) is 15.9 Å². The van der Waals surface area contributed by atoms with Gasteiger partial charge >= 0.3 is 0 Å². The van der Waals surface area contributed by atoms with Crippen LogP contribution in [-0.4, -0.2) is 42.9 Å². The monoisotopic (exact) mass is 511 g/mol. The van der Waals surface area contributed by atoms with Crippen molar-refractivity contribution in [3.8, 4) is 17.2 Å². The summed E-state index contributed by atoms with van der Waals surface area (Å²) in [6.07, 6.45) is 1.66. The summed E-state index contributed by atoms with van der Waals surface area (Å²) in [7, 11) is 1.54. The third-order valence-electron chi connectivity index (χ3n) is 4.11. The van der Waals surface area contributed by atoms with E-state index in [0.717, 1.165) is 11.8 Å². The largest absolute Gasteiger partial charge is 0.493 e. The van der Waals surface area contributed by atoms with Crippen LogP contribution in [-0.2, 0) is 4.79 Å². The van der Waals surface area contributed by atoms with Gasteiger partial charge in [-0.1, -0.05) is 11.6 Å². The van der Waals surface area contributed by atoms with E-state index < -0.39 is 0 Å². The first-order chi connectivity index (χ1) is 14.4. The van der Waals surface area contributed by atoms with Crippen molar-refractivity contribution >= 4 is 56.5 Å². The number of benzene rings is 2. The second-order valence-corrected chi connectivity index (χ2v) is 8.39. The first-order valence-electron chi connectivity index (χ1n) is 9.07. The molecule has 3 rings (SSSR count). The molecule has 0 spiro atoms. The van der Waals surface area contributed by atoms with Gasteiger partial charge in [0.05, 0.1) is 29.6 Å². The second-order valence-electron chi connectivity index (χ2n) is 6.10. The minimum absolute atomic E-state index is 0.154. The van der Waals surface area contributed by atoms with Crippen molar-refractivity contribution in [2.24, 2.45) is 0 Å². The summed E-state index contributed by atoms with van der Waals surface area (Å²) in [5.74, 6) is 1.39. The number of carbonyl (C=O) groups is 2. The van der Waals surface area contributed by atoms with Gasteiger partial charge in [0.2, 0.25) is 0 Å². The van der Waals surface area contributed by atoms with E-state index in [1.807, 2.05) is 13.0 Å². The van der Waals surface area contributed by atoms with Crippen molar-refractivity contribution in [1.82, 2.24) is 4.90 Å². The molecule has 0 aliphatic carbocycles. The molecule has 2 aromatic rings. The van der Waals surface area contributed by atoms with Gasteiger partial charge in [-0.2, -0.15) is 0 Å². The van der Waals surface area contributed by atoms with Gasteiger partial charge in [0, 0.05) is 5.02 Å². The van der Waals surface area contributed by atoms with Gasteiger partial charge in [-0.05, 0) is 82.7 Å². The minimum Gasteiger partial charge on any atom is -0.493 e. The van der Waals surface area contributed by atoms with Crippen LogP contribution in [0.25, 0.3) is 6.08 Å². The standard InChI is InChI=1S/C21H19BrClNO5S/c1-3-28-19-16(22)10-13(11-17(19)27-2)12-18-20(25)24(21(26)30-18)8-9-29-15-6-4-14(23)5-7-15/h4-7,10-12H,3,8-9H2,1-2H3/b18-12-. The molecule has 1 aliphatic heterocycles. The first kappa shape index (κ1) is 22.5. The van der Waals surface area contributed by atoms with Crippen molar-refractivity contribution in [2.75, 3.05) is 26.9 Å². The number of amides is 2. The quantitative estimate of drug-likeness (QED) is 0.428. The molecule has 1 saturated heterocycles. The van der Waals surface area contributed by atoms with Gasteiger partial charge in [0.15, 0.2) is 11.5 Å². The molecular formula is C21H19BrClNO5S. The number of halogens is 2. The summed E-state index contributed by atoms with van der Waals surface area (Å²) >= 11 is 10.2. The highest BCUT2D eigenvalue weighted by Crippen LogP contribution is 2.39. The number of ether oxygens (including phenoxy) is 3.